The molecule has 0 saturated carbocycles. The van der Waals surface area contributed by atoms with Crippen LogP contribution in [0.4, 0.5) is 0 Å². The van der Waals surface area contributed by atoms with Crippen LogP contribution in [0.15, 0.2) is 18.2 Å². The van der Waals surface area contributed by atoms with E-state index in [1.54, 1.807) is 19.9 Å². The van der Waals surface area contributed by atoms with E-state index in [0.29, 0.717) is 17.9 Å². The number of aliphatic hydroxyl groups is 1. The van der Waals surface area contributed by atoms with Crippen LogP contribution < -0.4 is 10.1 Å². The highest BCUT2D eigenvalue weighted by Gasteiger charge is 2.17. The van der Waals surface area contributed by atoms with Gasteiger partial charge >= 0.3 is 0 Å². The molecular formula is C14H21NO3. The summed E-state index contributed by atoms with van der Waals surface area (Å²) in [6, 6.07) is 5.43. The van der Waals surface area contributed by atoms with Crippen molar-refractivity contribution in [3.63, 3.8) is 0 Å². The molecule has 1 rings (SSSR count). The standard InChI is InChI=1S/C14H21NO3/c1-5-18-12-8-10(2)6-7-11(12)13(16)15-9-14(3,4)17/h6-8,17H,5,9H2,1-4H3,(H,15,16). The van der Waals surface area contributed by atoms with Crippen LogP contribution in [-0.2, 0) is 0 Å². The van der Waals surface area contributed by atoms with Gasteiger partial charge in [-0.25, -0.2) is 0 Å². The summed E-state index contributed by atoms with van der Waals surface area (Å²) in [5.74, 6) is 0.339. The van der Waals surface area contributed by atoms with E-state index in [9.17, 15) is 9.90 Å². The van der Waals surface area contributed by atoms with Crippen molar-refractivity contribution in [1.29, 1.82) is 0 Å². The predicted molar refractivity (Wildman–Crippen MR) is 71.0 cm³/mol. The molecule has 0 aromatic heterocycles. The summed E-state index contributed by atoms with van der Waals surface area (Å²) in [5, 5.41) is 12.3. The molecule has 0 fully saturated rings. The Hall–Kier alpha value is -1.55. The number of carbonyl (C=O) groups is 1. The highest BCUT2D eigenvalue weighted by atomic mass is 16.5. The van der Waals surface area contributed by atoms with Gasteiger partial charge in [0.1, 0.15) is 5.75 Å². The van der Waals surface area contributed by atoms with Gasteiger partial charge in [0.25, 0.3) is 5.91 Å². The molecule has 1 amide bonds. The summed E-state index contributed by atoms with van der Waals surface area (Å²) in [4.78, 5) is 12.0. The van der Waals surface area contributed by atoms with Gasteiger partial charge in [0, 0.05) is 6.54 Å². The van der Waals surface area contributed by atoms with Crippen LogP contribution in [0.2, 0.25) is 0 Å². The summed E-state index contributed by atoms with van der Waals surface area (Å²) >= 11 is 0. The van der Waals surface area contributed by atoms with Crippen molar-refractivity contribution in [2.75, 3.05) is 13.2 Å². The molecule has 2 N–H and O–H groups in total. The van der Waals surface area contributed by atoms with Crippen LogP contribution in [0.1, 0.15) is 36.7 Å². The largest absolute Gasteiger partial charge is 0.493 e. The van der Waals surface area contributed by atoms with Crippen LogP contribution >= 0.6 is 0 Å². The van der Waals surface area contributed by atoms with Crippen molar-refractivity contribution in [3.8, 4) is 5.75 Å². The van der Waals surface area contributed by atoms with Crippen LogP contribution in [0.25, 0.3) is 0 Å². The molecule has 4 nitrogen and oxygen atoms in total. The minimum Gasteiger partial charge on any atom is -0.493 e. The molecule has 4 heteroatoms. The zero-order chi connectivity index (χ0) is 13.8. The first kappa shape index (κ1) is 14.5. The molecular weight excluding hydrogens is 230 g/mol. The summed E-state index contributed by atoms with van der Waals surface area (Å²) in [6.07, 6.45) is 0. The van der Waals surface area contributed by atoms with Gasteiger partial charge in [0.15, 0.2) is 0 Å². The normalized spacial score (nSPS) is 11.2. The first-order valence-corrected chi connectivity index (χ1v) is 6.07. The van der Waals surface area contributed by atoms with Crippen LogP contribution in [-0.4, -0.2) is 29.8 Å². The Bertz CT molecular complexity index is 422. The lowest BCUT2D eigenvalue weighted by molar-refractivity contribution is 0.0692. The second-order valence-corrected chi connectivity index (χ2v) is 4.93. The Morgan fingerprint density at radius 3 is 2.67 bits per heavy atom. The summed E-state index contributed by atoms with van der Waals surface area (Å²) < 4.78 is 5.45. The number of carbonyl (C=O) groups excluding carboxylic acids is 1. The fourth-order valence-corrected chi connectivity index (χ4v) is 1.48. The molecule has 0 atom stereocenters. The molecule has 0 aliphatic rings. The van der Waals surface area contributed by atoms with E-state index in [-0.39, 0.29) is 12.5 Å². The molecule has 18 heavy (non-hydrogen) atoms. The quantitative estimate of drug-likeness (QED) is 0.840. The summed E-state index contributed by atoms with van der Waals surface area (Å²) in [6.45, 7) is 7.82. The monoisotopic (exact) mass is 251 g/mol. The lowest BCUT2D eigenvalue weighted by Crippen LogP contribution is -2.38. The van der Waals surface area contributed by atoms with E-state index in [1.165, 1.54) is 0 Å². The first-order valence-electron chi connectivity index (χ1n) is 6.07. The van der Waals surface area contributed by atoms with E-state index in [2.05, 4.69) is 5.32 Å². The third-order valence-corrected chi connectivity index (χ3v) is 2.36. The maximum atomic E-state index is 12.0. The first-order chi connectivity index (χ1) is 8.33. The van der Waals surface area contributed by atoms with E-state index >= 15 is 0 Å². The van der Waals surface area contributed by atoms with Crippen molar-refractivity contribution in [2.45, 2.75) is 33.3 Å². The molecule has 0 bridgehead atoms. The molecule has 0 radical (unpaired) electrons. The van der Waals surface area contributed by atoms with Crippen LogP contribution in [0.5, 0.6) is 5.75 Å². The number of amides is 1. The van der Waals surface area contributed by atoms with E-state index in [4.69, 9.17) is 4.74 Å². The summed E-state index contributed by atoms with van der Waals surface area (Å²) in [7, 11) is 0. The SMILES string of the molecule is CCOc1cc(C)ccc1C(=O)NCC(C)(C)O. The second kappa shape index (κ2) is 5.87. The number of aryl methyl sites for hydroxylation is 1. The zero-order valence-electron chi connectivity index (χ0n) is 11.4. The fourth-order valence-electron chi connectivity index (χ4n) is 1.48. The number of ether oxygens (including phenoxy) is 1. The third kappa shape index (κ3) is 4.37. The molecule has 0 aliphatic heterocycles. The maximum Gasteiger partial charge on any atom is 0.255 e. The fraction of sp³-hybridized carbons (Fsp3) is 0.500. The number of rotatable bonds is 5. The van der Waals surface area contributed by atoms with Crippen molar-refractivity contribution in [1.82, 2.24) is 5.32 Å². The highest BCUT2D eigenvalue weighted by Crippen LogP contribution is 2.20. The Balaban J connectivity index is 2.84. The minimum absolute atomic E-state index is 0.200. The second-order valence-electron chi connectivity index (χ2n) is 4.93. The molecule has 0 spiro atoms. The highest BCUT2D eigenvalue weighted by molar-refractivity contribution is 5.97. The van der Waals surface area contributed by atoms with Crippen molar-refractivity contribution in [3.05, 3.63) is 29.3 Å². The maximum absolute atomic E-state index is 12.0. The Kier molecular flexibility index (Phi) is 4.73. The van der Waals surface area contributed by atoms with E-state index in [0.717, 1.165) is 5.56 Å². The molecule has 0 heterocycles. The third-order valence-electron chi connectivity index (χ3n) is 2.36. The number of benzene rings is 1. The van der Waals surface area contributed by atoms with E-state index < -0.39 is 5.60 Å². The topological polar surface area (TPSA) is 58.6 Å². The lowest BCUT2D eigenvalue weighted by Gasteiger charge is -2.18. The zero-order valence-corrected chi connectivity index (χ0v) is 11.4. The van der Waals surface area contributed by atoms with Crippen LogP contribution in [0.3, 0.4) is 0 Å². The van der Waals surface area contributed by atoms with Gasteiger partial charge in [-0.2, -0.15) is 0 Å². The Labute approximate surface area is 108 Å². The van der Waals surface area contributed by atoms with Gasteiger partial charge in [-0.1, -0.05) is 6.07 Å². The smallest absolute Gasteiger partial charge is 0.255 e. The lowest BCUT2D eigenvalue weighted by atomic mass is 10.1. The minimum atomic E-state index is -0.924. The molecule has 0 saturated heterocycles. The van der Waals surface area contributed by atoms with E-state index in [1.807, 2.05) is 26.0 Å². The average molecular weight is 251 g/mol. The number of hydrogen-bond donors (Lipinski definition) is 2. The van der Waals surface area contributed by atoms with Gasteiger partial charge in [0.2, 0.25) is 0 Å². The van der Waals surface area contributed by atoms with Crippen molar-refractivity contribution < 1.29 is 14.6 Å². The molecule has 1 aromatic rings. The van der Waals surface area contributed by atoms with Crippen LogP contribution in [0, 0.1) is 6.92 Å². The number of hydrogen-bond acceptors (Lipinski definition) is 3. The van der Waals surface area contributed by atoms with Gasteiger partial charge < -0.3 is 15.2 Å². The molecule has 100 valence electrons. The molecule has 0 unspecified atom stereocenters. The van der Waals surface area contributed by atoms with Gasteiger partial charge in [-0.15, -0.1) is 0 Å². The predicted octanol–water partition coefficient (Wildman–Crippen LogP) is 1.89. The molecule has 1 aromatic carbocycles. The van der Waals surface area contributed by atoms with Crippen molar-refractivity contribution in [2.24, 2.45) is 0 Å². The van der Waals surface area contributed by atoms with Crippen molar-refractivity contribution >= 4 is 5.91 Å². The summed E-state index contributed by atoms with van der Waals surface area (Å²) in [5.41, 5.74) is 0.607. The van der Waals surface area contributed by atoms with Gasteiger partial charge in [-0.05, 0) is 45.4 Å². The van der Waals surface area contributed by atoms with Gasteiger partial charge in [0.05, 0.1) is 17.8 Å². The Morgan fingerprint density at radius 1 is 1.44 bits per heavy atom. The Morgan fingerprint density at radius 2 is 2.11 bits per heavy atom. The molecule has 0 aliphatic carbocycles. The average Bonchev–Trinajstić information content (AvgIpc) is 2.25. The number of nitrogens with one attached hydrogen (secondary N) is 1. The van der Waals surface area contributed by atoms with Gasteiger partial charge in [-0.3, -0.25) is 4.79 Å².